The number of nitrogens with zero attached hydrogens (tertiary/aromatic N) is 3. The number of ether oxygens (including phenoxy) is 1. The molecule has 3 heterocycles. The van der Waals surface area contributed by atoms with Crippen molar-refractivity contribution in [1.82, 2.24) is 15.3 Å². The van der Waals surface area contributed by atoms with Crippen molar-refractivity contribution in [2.45, 2.75) is 57.6 Å². The molecule has 0 radical (unpaired) electrons. The van der Waals surface area contributed by atoms with Crippen molar-refractivity contribution in [3.05, 3.63) is 17.6 Å². The van der Waals surface area contributed by atoms with Crippen molar-refractivity contribution in [1.29, 1.82) is 0 Å². The van der Waals surface area contributed by atoms with Gasteiger partial charge in [-0.1, -0.05) is 31.1 Å². The first-order chi connectivity index (χ1) is 11.8. The zero-order valence-electron chi connectivity index (χ0n) is 15.7. The highest BCUT2D eigenvalue weighted by molar-refractivity contribution is 8.00. The minimum Gasteiger partial charge on any atom is -0.381 e. The third-order valence-corrected chi connectivity index (χ3v) is 6.02. The van der Waals surface area contributed by atoms with Crippen LogP contribution in [0.25, 0.3) is 11.7 Å². The number of thioether (sulfide) groups is 1. The zero-order valence-corrected chi connectivity index (χ0v) is 16.5. The Morgan fingerprint density at radius 1 is 1.08 bits per heavy atom. The molecule has 1 aliphatic rings. The van der Waals surface area contributed by atoms with Crippen molar-refractivity contribution < 1.29 is 13.8 Å². The topological polar surface area (TPSA) is 74.2 Å². The summed E-state index contributed by atoms with van der Waals surface area (Å²) in [6, 6.07) is 1.87. The van der Waals surface area contributed by atoms with Gasteiger partial charge in [-0.2, -0.15) is 4.98 Å². The van der Waals surface area contributed by atoms with Crippen molar-refractivity contribution >= 4 is 11.8 Å². The van der Waals surface area contributed by atoms with Crippen molar-refractivity contribution in [2.24, 2.45) is 5.92 Å². The van der Waals surface area contributed by atoms with E-state index < -0.39 is 0 Å². The molecule has 2 aromatic rings. The average molecular weight is 365 g/mol. The molecular weight excluding hydrogens is 338 g/mol. The fourth-order valence-corrected chi connectivity index (χ4v) is 3.80. The Morgan fingerprint density at radius 3 is 2.44 bits per heavy atom. The van der Waals surface area contributed by atoms with E-state index in [4.69, 9.17) is 13.8 Å². The first-order valence-corrected chi connectivity index (χ1v) is 9.78. The number of hydrogen-bond acceptors (Lipinski definition) is 7. The Kier molecular flexibility index (Phi) is 5.25. The third-order valence-electron chi connectivity index (χ3n) is 4.47. The van der Waals surface area contributed by atoms with Gasteiger partial charge < -0.3 is 13.8 Å². The standard InChI is InChI=1S/C18H27N3O3S/c1-17(2,3)14-10-13(23-20-14)15-19-16(21-24-15)18(4,5)25-11-12-6-8-22-9-7-12/h10,12H,6-9,11H2,1-5H3. The maximum absolute atomic E-state index is 5.43. The highest BCUT2D eigenvalue weighted by atomic mass is 32.2. The normalized spacial score (nSPS) is 17.2. The van der Waals surface area contributed by atoms with Gasteiger partial charge in [-0.15, -0.1) is 11.8 Å². The third kappa shape index (κ3) is 4.44. The molecule has 1 aliphatic heterocycles. The summed E-state index contributed by atoms with van der Waals surface area (Å²) >= 11 is 1.87. The van der Waals surface area contributed by atoms with Crippen molar-refractivity contribution in [2.75, 3.05) is 19.0 Å². The lowest BCUT2D eigenvalue weighted by Gasteiger charge is -2.26. The van der Waals surface area contributed by atoms with Crippen LogP contribution in [0.15, 0.2) is 15.1 Å². The molecular formula is C18H27N3O3S. The van der Waals surface area contributed by atoms with Crippen LogP contribution in [0.2, 0.25) is 0 Å². The van der Waals surface area contributed by atoms with Crippen LogP contribution in [0, 0.1) is 5.92 Å². The van der Waals surface area contributed by atoms with Gasteiger partial charge in [0, 0.05) is 24.7 Å². The summed E-state index contributed by atoms with van der Waals surface area (Å²) in [5.41, 5.74) is 0.791. The predicted molar refractivity (Wildman–Crippen MR) is 97.5 cm³/mol. The Balaban J connectivity index is 1.68. The van der Waals surface area contributed by atoms with E-state index in [-0.39, 0.29) is 10.2 Å². The van der Waals surface area contributed by atoms with Gasteiger partial charge >= 0.3 is 0 Å². The number of hydrogen-bond donors (Lipinski definition) is 0. The van der Waals surface area contributed by atoms with E-state index in [1.54, 1.807) is 0 Å². The molecule has 0 atom stereocenters. The molecule has 25 heavy (non-hydrogen) atoms. The maximum atomic E-state index is 5.43. The van der Waals surface area contributed by atoms with Gasteiger partial charge in [0.15, 0.2) is 5.82 Å². The molecule has 0 spiro atoms. The zero-order chi connectivity index (χ0) is 18.1. The van der Waals surface area contributed by atoms with Crippen LogP contribution in [0.1, 0.15) is 59.0 Å². The Hall–Kier alpha value is -1.34. The smallest absolute Gasteiger partial charge is 0.296 e. The van der Waals surface area contributed by atoms with Gasteiger partial charge in [0.25, 0.3) is 5.89 Å². The fourth-order valence-electron chi connectivity index (χ4n) is 2.60. The van der Waals surface area contributed by atoms with E-state index in [0.29, 0.717) is 23.4 Å². The number of aromatic nitrogens is 3. The second kappa shape index (κ2) is 7.11. The second-order valence-corrected chi connectivity index (χ2v) is 9.77. The quantitative estimate of drug-likeness (QED) is 0.776. The molecule has 6 nitrogen and oxygen atoms in total. The molecule has 7 heteroatoms. The summed E-state index contributed by atoms with van der Waals surface area (Å²) in [6.07, 6.45) is 2.27. The molecule has 0 amide bonds. The van der Waals surface area contributed by atoms with Gasteiger partial charge in [0.1, 0.15) is 0 Å². The monoisotopic (exact) mass is 365 g/mol. The van der Waals surface area contributed by atoms with Crippen molar-refractivity contribution in [3.8, 4) is 11.7 Å². The minimum atomic E-state index is -0.215. The summed E-state index contributed by atoms with van der Waals surface area (Å²) in [7, 11) is 0. The summed E-state index contributed by atoms with van der Waals surface area (Å²) in [5, 5.41) is 8.29. The van der Waals surface area contributed by atoms with Crippen LogP contribution in [0.4, 0.5) is 0 Å². The summed E-state index contributed by atoms with van der Waals surface area (Å²) in [5.74, 6) is 3.38. The van der Waals surface area contributed by atoms with Crippen LogP contribution < -0.4 is 0 Å². The SMILES string of the molecule is CC(C)(C)c1cc(-c2nc(C(C)(C)SCC3CCOCC3)no2)on1. The Labute approximate surface area is 153 Å². The lowest BCUT2D eigenvalue weighted by atomic mass is 9.92. The van der Waals surface area contributed by atoms with Crippen LogP contribution in [-0.2, 0) is 14.9 Å². The molecule has 1 fully saturated rings. The van der Waals surface area contributed by atoms with E-state index in [0.717, 1.165) is 37.5 Å². The van der Waals surface area contributed by atoms with E-state index in [9.17, 15) is 0 Å². The van der Waals surface area contributed by atoms with Crippen LogP contribution in [-0.4, -0.2) is 34.3 Å². The highest BCUT2D eigenvalue weighted by Crippen LogP contribution is 2.37. The highest BCUT2D eigenvalue weighted by Gasteiger charge is 2.30. The predicted octanol–water partition coefficient (Wildman–Crippen LogP) is 4.42. The second-order valence-electron chi connectivity index (χ2n) is 8.13. The van der Waals surface area contributed by atoms with E-state index in [1.807, 2.05) is 17.8 Å². The first-order valence-electron chi connectivity index (χ1n) is 8.79. The molecule has 0 N–H and O–H groups in total. The van der Waals surface area contributed by atoms with Crippen LogP contribution in [0.5, 0.6) is 0 Å². The first kappa shape index (κ1) is 18.5. The molecule has 0 unspecified atom stereocenters. The van der Waals surface area contributed by atoms with Gasteiger partial charge in [-0.3, -0.25) is 0 Å². The van der Waals surface area contributed by atoms with E-state index >= 15 is 0 Å². The lowest BCUT2D eigenvalue weighted by molar-refractivity contribution is 0.0727. The van der Waals surface area contributed by atoms with Crippen LogP contribution in [0.3, 0.4) is 0 Å². The average Bonchev–Trinajstić information content (AvgIpc) is 3.22. The fraction of sp³-hybridized carbons (Fsp3) is 0.722. The largest absolute Gasteiger partial charge is 0.381 e. The minimum absolute atomic E-state index is 0.0799. The number of rotatable bonds is 5. The molecule has 0 aliphatic carbocycles. The molecule has 0 saturated carbocycles. The van der Waals surface area contributed by atoms with Crippen LogP contribution >= 0.6 is 11.8 Å². The maximum Gasteiger partial charge on any atom is 0.296 e. The summed E-state index contributed by atoms with van der Waals surface area (Å²) in [4.78, 5) is 4.55. The van der Waals surface area contributed by atoms with Gasteiger partial charge in [0.2, 0.25) is 5.76 Å². The van der Waals surface area contributed by atoms with E-state index in [2.05, 4.69) is 49.9 Å². The molecule has 2 aromatic heterocycles. The molecule has 0 bridgehead atoms. The molecule has 3 rings (SSSR count). The summed E-state index contributed by atoms with van der Waals surface area (Å²) in [6.45, 7) is 12.3. The molecule has 0 aromatic carbocycles. The van der Waals surface area contributed by atoms with Gasteiger partial charge in [-0.25, -0.2) is 0 Å². The Morgan fingerprint density at radius 2 is 1.80 bits per heavy atom. The molecule has 1 saturated heterocycles. The lowest BCUT2D eigenvalue weighted by Crippen LogP contribution is -2.21. The van der Waals surface area contributed by atoms with Crippen molar-refractivity contribution in [3.63, 3.8) is 0 Å². The van der Waals surface area contributed by atoms with E-state index in [1.165, 1.54) is 0 Å². The Bertz CT molecular complexity index is 696. The summed E-state index contributed by atoms with van der Waals surface area (Å²) < 4.78 is 16.0. The van der Waals surface area contributed by atoms with Gasteiger partial charge in [-0.05, 0) is 38.4 Å². The van der Waals surface area contributed by atoms with Gasteiger partial charge in [0.05, 0.1) is 10.4 Å². The molecule has 138 valence electrons.